The average molecular weight is 298 g/mol. The summed E-state index contributed by atoms with van der Waals surface area (Å²) in [4.78, 5) is 9.48. The summed E-state index contributed by atoms with van der Waals surface area (Å²) in [6.07, 6.45) is 0. The molecule has 0 saturated carbocycles. The van der Waals surface area contributed by atoms with Gasteiger partial charge in [-0.1, -0.05) is 48.5 Å². The lowest BCUT2D eigenvalue weighted by Crippen LogP contribution is -1.91. The zero-order valence-electron chi connectivity index (χ0n) is 12.1. The summed E-state index contributed by atoms with van der Waals surface area (Å²) in [5.41, 5.74) is 2.97. The predicted molar refractivity (Wildman–Crippen MR) is 92.0 cm³/mol. The van der Waals surface area contributed by atoms with Crippen LogP contribution in [0.3, 0.4) is 0 Å². The molecule has 0 radical (unpaired) electrons. The smallest absolute Gasteiger partial charge is 0.125 e. The van der Waals surface area contributed by atoms with Gasteiger partial charge in [-0.2, -0.15) is 0 Å². The Labute approximate surface area is 131 Å². The van der Waals surface area contributed by atoms with Crippen molar-refractivity contribution in [1.29, 1.82) is 0 Å². The third-order valence-electron chi connectivity index (χ3n) is 4.28. The largest absolute Gasteiger partial charge is 0.244 e. The van der Waals surface area contributed by atoms with Crippen molar-refractivity contribution in [3.05, 3.63) is 72.5 Å². The van der Waals surface area contributed by atoms with E-state index in [1.165, 1.54) is 12.1 Å². The highest BCUT2D eigenvalue weighted by Crippen LogP contribution is 2.33. The summed E-state index contributed by atoms with van der Waals surface area (Å²) in [5, 5.41) is 4.41. The lowest BCUT2D eigenvalue weighted by Gasteiger charge is -2.09. The van der Waals surface area contributed by atoms with Gasteiger partial charge in [-0.05, 0) is 22.9 Å². The SMILES string of the molecule is Fc1ccc2nc3c4ccccc4c4ccccc4c3nc2c1. The summed E-state index contributed by atoms with van der Waals surface area (Å²) >= 11 is 0. The number of rotatable bonds is 0. The average Bonchev–Trinajstić information content (AvgIpc) is 2.60. The molecule has 0 amide bonds. The normalized spacial score (nSPS) is 11.7. The van der Waals surface area contributed by atoms with Crippen LogP contribution in [-0.4, -0.2) is 9.97 Å². The van der Waals surface area contributed by atoms with Gasteiger partial charge in [0.25, 0.3) is 0 Å². The molecule has 0 atom stereocenters. The van der Waals surface area contributed by atoms with Crippen molar-refractivity contribution in [2.24, 2.45) is 0 Å². The molecule has 0 fully saturated rings. The topological polar surface area (TPSA) is 25.8 Å². The Morgan fingerprint density at radius 1 is 0.565 bits per heavy atom. The van der Waals surface area contributed by atoms with E-state index in [4.69, 9.17) is 9.97 Å². The molecule has 0 N–H and O–H groups in total. The molecule has 0 spiro atoms. The molecule has 23 heavy (non-hydrogen) atoms. The number of hydrogen-bond acceptors (Lipinski definition) is 2. The van der Waals surface area contributed by atoms with Gasteiger partial charge in [-0.15, -0.1) is 0 Å². The molecular formula is C20H11FN2. The molecule has 5 rings (SSSR count). The van der Waals surface area contributed by atoms with Gasteiger partial charge in [0.1, 0.15) is 5.82 Å². The van der Waals surface area contributed by atoms with Gasteiger partial charge < -0.3 is 0 Å². The molecule has 108 valence electrons. The van der Waals surface area contributed by atoms with E-state index < -0.39 is 0 Å². The number of fused-ring (bicyclic) bond motifs is 7. The van der Waals surface area contributed by atoms with E-state index in [1.54, 1.807) is 6.07 Å². The van der Waals surface area contributed by atoms with Gasteiger partial charge in [-0.3, -0.25) is 0 Å². The standard InChI is InChI=1S/C20H11FN2/c21-12-9-10-17-18(11-12)23-20-16-8-4-2-6-14(16)13-5-1-3-7-15(13)19(20)22-17/h1-11H. The molecule has 4 aromatic carbocycles. The van der Waals surface area contributed by atoms with Crippen molar-refractivity contribution in [3.63, 3.8) is 0 Å². The zero-order chi connectivity index (χ0) is 15.4. The summed E-state index contributed by atoms with van der Waals surface area (Å²) in [7, 11) is 0. The van der Waals surface area contributed by atoms with Crippen LogP contribution < -0.4 is 0 Å². The molecular weight excluding hydrogens is 287 g/mol. The summed E-state index contributed by atoms with van der Waals surface area (Å²) in [6.45, 7) is 0. The monoisotopic (exact) mass is 298 g/mol. The summed E-state index contributed by atoms with van der Waals surface area (Å²) in [5.74, 6) is -0.295. The van der Waals surface area contributed by atoms with E-state index in [-0.39, 0.29) is 5.82 Å². The van der Waals surface area contributed by atoms with Crippen molar-refractivity contribution in [2.45, 2.75) is 0 Å². The second-order valence-corrected chi connectivity index (χ2v) is 5.65. The van der Waals surface area contributed by atoms with Crippen LogP contribution in [0.25, 0.3) is 43.6 Å². The maximum Gasteiger partial charge on any atom is 0.125 e. The molecule has 0 aliphatic rings. The second kappa shape index (κ2) is 4.46. The lowest BCUT2D eigenvalue weighted by molar-refractivity contribution is 0.629. The van der Waals surface area contributed by atoms with Crippen molar-refractivity contribution in [3.8, 4) is 0 Å². The van der Waals surface area contributed by atoms with E-state index in [0.717, 1.165) is 32.6 Å². The predicted octanol–water partition coefficient (Wildman–Crippen LogP) is 5.23. The van der Waals surface area contributed by atoms with Gasteiger partial charge in [0.2, 0.25) is 0 Å². The van der Waals surface area contributed by atoms with Crippen LogP contribution in [0.5, 0.6) is 0 Å². The Balaban J connectivity index is 2.14. The molecule has 0 unspecified atom stereocenters. The fourth-order valence-corrected chi connectivity index (χ4v) is 3.25. The minimum Gasteiger partial charge on any atom is -0.244 e. The highest BCUT2D eigenvalue weighted by molar-refractivity contribution is 6.23. The maximum atomic E-state index is 13.5. The van der Waals surface area contributed by atoms with E-state index in [1.807, 2.05) is 30.3 Å². The Morgan fingerprint density at radius 3 is 1.70 bits per heavy atom. The lowest BCUT2D eigenvalue weighted by atomic mass is 9.99. The molecule has 0 aliphatic carbocycles. The van der Waals surface area contributed by atoms with E-state index in [0.29, 0.717) is 11.0 Å². The van der Waals surface area contributed by atoms with Crippen LogP contribution >= 0.6 is 0 Å². The zero-order valence-corrected chi connectivity index (χ0v) is 12.1. The molecule has 5 aromatic rings. The fourth-order valence-electron chi connectivity index (χ4n) is 3.25. The van der Waals surface area contributed by atoms with Gasteiger partial charge in [0.05, 0.1) is 22.1 Å². The van der Waals surface area contributed by atoms with Gasteiger partial charge in [-0.25, -0.2) is 14.4 Å². The van der Waals surface area contributed by atoms with E-state index >= 15 is 0 Å². The summed E-state index contributed by atoms with van der Waals surface area (Å²) in [6, 6.07) is 20.9. The van der Waals surface area contributed by atoms with Gasteiger partial charge >= 0.3 is 0 Å². The Bertz CT molecular complexity index is 1230. The van der Waals surface area contributed by atoms with Crippen molar-refractivity contribution in [2.75, 3.05) is 0 Å². The first-order valence-electron chi connectivity index (χ1n) is 7.48. The van der Waals surface area contributed by atoms with E-state index in [9.17, 15) is 4.39 Å². The van der Waals surface area contributed by atoms with Gasteiger partial charge in [0, 0.05) is 16.8 Å². The van der Waals surface area contributed by atoms with Crippen molar-refractivity contribution in [1.82, 2.24) is 9.97 Å². The second-order valence-electron chi connectivity index (χ2n) is 5.65. The molecule has 0 aliphatic heterocycles. The van der Waals surface area contributed by atoms with Crippen LogP contribution in [0.4, 0.5) is 4.39 Å². The van der Waals surface area contributed by atoms with Crippen LogP contribution in [0, 0.1) is 5.82 Å². The molecule has 3 heteroatoms. The molecule has 1 heterocycles. The quantitative estimate of drug-likeness (QED) is 0.289. The third-order valence-corrected chi connectivity index (χ3v) is 4.28. The minimum absolute atomic E-state index is 0.295. The summed E-state index contributed by atoms with van der Waals surface area (Å²) < 4.78 is 13.5. The Morgan fingerprint density at radius 2 is 1.09 bits per heavy atom. The fraction of sp³-hybridized carbons (Fsp3) is 0. The Hall–Kier alpha value is -3.07. The molecule has 0 saturated heterocycles. The molecule has 0 bridgehead atoms. The van der Waals surface area contributed by atoms with Crippen LogP contribution in [0.15, 0.2) is 66.7 Å². The van der Waals surface area contributed by atoms with E-state index in [2.05, 4.69) is 18.2 Å². The molecule has 2 nitrogen and oxygen atoms in total. The number of hydrogen-bond donors (Lipinski definition) is 0. The number of aromatic nitrogens is 2. The minimum atomic E-state index is -0.295. The highest BCUT2D eigenvalue weighted by atomic mass is 19.1. The first-order chi connectivity index (χ1) is 11.3. The van der Waals surface area contributed by atoms with Crippen LogP contribution in [-0.2, 0) is 0 Å². The maximum absolute atomic E-state index is 13.5. The number of benzene rings is 4. The van der Waals surface area contributed by atoms with Crippen LogP contribution in [0.1, 0.15) is 0 Å². The van der Waals surface area contributed by atoms with Crippen molar-refractivity contribution >= 4 is 43.6 Å². The Kier molecular flexibility index (Phi) is 2.42. The number of halogens is 1. The third kappa shape index (κ3) is 1.73. The molecule has 1 aromatic heterocycles. The number of nitrogens with zero attached hydrogens (tertiary/aromatic N) is 2. The first kappa shape index (κ1) is 12.5. The van der Waals surface area contributed by atoms with Gasteiger partial charge in [0.15, 0.2) is 0 Å². The van der Waals surface area contributed by atoms with Crippen LogP contribution in [0.2, 0.25) is 0 Å². The highest BCUT2D eigenvalue weighted by Gasteiger charge is 2.11. The first-order valence-corrected chi connectivity index (χ1v) is 7.48. The van der Waals surface area contributed by atoms with Crippen molar-refractivity contribution < 1.29 is 4.39 Å².